The van der Waals surface area contributed by atoms with E-state index in [-0.39, 0.29) is 12.5 Å². The number of rotatable bonds is 7. The fraction of sp³-hybridized carbons (Fsp3) is 0.115. The lowest BCUT2D eigenvalue weighted by Gasteiger charge is -2.08. The van der Waals surface area contributed by atoms with Crippen LogP contribution < -0.4 is 10.1 Å². The number of hydrogen-bond acceptors (Lipinski definition) is 5. The van der Waals surface area contributed by atoms with E-state index in [2.05, 4.69) is 10.1 Å². The summed E-state index contributed by atoms with van der Waals surface area (Å²) in [6, 6.07) is 24.3. The smallest absolute Gasteiger partial charge is 0.343 e. The van der Waals surface area contributed by atoms with E-state index in [4.69, 9.17) is 9.84 Å². The number of ether oxygens (including phenoxy) is 2. The van der Waals surface area contributed by atoms with Crippen molar-refractivity contribution in [2.45, 2.75) is 6.92 Å². The average molecular weight is 441 g/mol. The molecule has 0 aliphatic carbocycles. The van der Waals surface area contributed by atoms with Crippen molar-refractivity contribution in [3.8, 4) is 22.7 Å². The summed E-state index contributed by atoms with van der Waals surface area (Å²) in [6.07, 6.45) is 1.73. The molecule has 4 rings (SSSR count). The lowest BCUT2D eigenvalue weighted by Crippen LogP contribution is -2.13. The number of carbonyl (C=O) groups excluding carboxylic acids is 2. The van der Waals surface area contributed by atoms with E-state index in [1.165, 1.54) is 7.11 Å². The van der Waals surface area contributed by atoms with Crippen molar-refractivity contribution >= 4 is 17.6 Å². The van der Waals surface area contributed by atoms with E-state index in [0.29, 0.717) is 22.7 Å². The standard InChI is InChI=1S/C26H23N3O4/c1-18-8-12-21(13-9-18)29-16-23(25(28-29)19-6-4-3-5-7-19)26(31)27-20-10-14-22(15-11-20)33-17-24(30)32-2/h3-16H,17H2,1-2H3,(H,27,31). The normalized spacial score (nSPS) is 10.5. The summed E-state index contributed by atoms with van der Waals surface area (Å²) in [6.45, 7) is 1.84. The van der Waals surface area contributed by atoms with E-state index in [1.54, 1.807) is 35.1 Å². The van der Waals surface area contributed by atoms with Gasteiger partial charge in [-0.1, -0.05) is 48.0 Å². The minimum Gasteiger partial charge on any atom is -0.482 e. The second kappa shape index (κ2) is 9.82. The Bertz CT molecular complexity index is 1250. The molecule has 33 heavy (non-hydrogen) atoms. The number of aromatic nitrogens is 2. The third kappa shape index (κ3) is 5.27. The summed E-state index contributed by atoms with van der Waals surface area (Å²) >= 11 is 0. The largest absolute Gasteiger partial charge is 0.482 e. The molecule has 0 spiro atoms. The van der Waals surface area contributed by atoms with Crippen LogP contribution in [0.1, 0.15) is 15.9 Å². The molecule has 0 saturated heterocycles. The SMILES string of the molecule is COC(=O)COc1ccc(NC(=O)c2cn(-c3ccc(C)cc3)nc2-c2ccccc2)cc1. The maximum atomic E-state index is 13.2. The van der Waals surface area contributed by atoms with Gasteiger partial charge in [0.25, 0.3) is 5.91 Å². The van der Waals surface area contributed by atoms with Crippen molar-refractivity contribution in [2.24, 2.45) is 0 Å². The summed E-state index contributed by atoms with van der Waals surface area (Å²) in [5, 5.41) is 7.60. The van der Waals surface area contributed by atoms with Gasteiger partial charge in [-0.15, -0.1) is 0 Å². The van der Waals surface area contributed by atoms with Crippen molar-refractivity contribution in [1.82, 2.24) is 9.78 Å². The van der Waals surface area contributed by atoms with Gasteiger partial charge < -0.3 is 14.8 Å². The first-order valence-corrected chi connectivity index (χ1v) is 10.4. The average Bonchev–Trinajstić information content (AvgIpc) is 3.30. The van der Waals surface area contributed by atoms with Gasteiger partial charge in [0.2, 0.25) is 0 Å². The van der Waals surface area contributed by atoms with Gasteiger partial charge in [-0.25, -0.2) is 9.48 Å². The highest BCUT2D eigenvalue weighted by atomic mass is 16.6. The van der Waals surface area contributed by atoms with Crippen LogP contribution in [0.2, 0.25) is 0 Å². The molecule has 4 aromatic rings. The summed E-state index contributed by atoms with van der Waals surface area (Å²) in [7, 11) is 1.30. The molecule has 0 saturated carbocycles. The van der Waals surface area contributed by atoms with Crippen LogP contribution >= 0.6 is 0 Å². The number of carbonyl (C=O) groups is 2. The minimum atomic E-state index is -0.466. The zero-order chi connectivity index (χ0) is 23.2. The first-order chi connectivity index (χ1) is 16.0. The Hall–Kier alpha value is -4.39. The Balaban J connectivity index is 1.58. The molecule has 0 atom stereocenters. The summed E-state index contributed by atoms with van der Waals surface area (Å²) < 4.78 is 11.6. The molecule has 0 fully saturated rings. The quantitative estimate of drug-likeness (QED) is 0.422. The molecule has 1 amide bonds. The molecule has 1 heterocycles. The molecule has 3 aromatic carbocycles. The Morgan fingerprint density at radius 1 is 0.939 bits per heavy atom. The summed E-state index contributed by atoms with van der Waals surface area (Å²) in [5.41, 5.74) is 4.49. The van der Waals surface area contributed by atoms with Crippen LogP contribution in [0.5, 0.6) is 5.75 Å². The van der Waals surface area contributed by atoms with E-state index >= 15 is 0 Å². The number of aryl methyl sites for hydroxylation is 1. The van der Waals surface area contributed by atoms with Crippen molar-refractivity contribution in [3.05, 3.63) is 96.2 Å². The van der Waals surface area contributed by atoms with Gasteiger partial charge in [-0.3, -0.25) is 4.79 Å². The molecule has 166 valence electrons. The summed E-state index contributed by atoms with van der Waals surface area (Å²) in [4.78, 5) is 24.4. The van der Waals surface area contributed by atoms with Crippen LogP contribution in [0.15, 0.2) is 85.1 Å². The van der Waals surface area contributed by atoms with E-state index in [0.717, 1.165) is 16.8 Å². The molecule has 1 aromatic heterocycles. The molecule has 1 N–H and O–H groups in total. The molecule has 0 aliphatic heterocycles. The highest BCUT2D eigenvalue weighted by Gasteiger charge is 2.19. The van der Waals surface area contributed by atoms with E-state index < -0.39 is 5.97 Å². The summed E-state index contributed by atoms with van der Waals surface area (Å²) in [5.74, 6) is -0.252. The number of nitrogens with zero attached hydrogens (tertiary/aromatic N) is 2. The predicted molar refractivity (Wildman–Crippen MR) is 126 cm³/mol. The number of hydrogen-bond donors (Lipinski definition) is 1. The van der Waals surface area contributed by atoms with Gasteiger partial charge in [0.15, 0.2) is 6.61 Å². The lowest BCUT2D eigenvalue weighted by molar-refractivity contribution is -0.142. The van der Waals surface area contributed by atoms with Crippen LogP contribution in [0.25, 0.3) is 16.9 Å². The second-order valence-corrected chi connectivity index (χ2v) is 7.38. The number of methoxy groups -OCH3 is 1. The van der Waals surface area contributed by atoms with Gasteiger partial charge in [0.1, 0.15) is 11.4 Å². The maximum absolute atomic E-state index is 13.2. The Morgan fingerprint density at radius 2 is 1.64 bits per heavy atom. The fourth-order valence-corrected chi connectivity index (χ4v) is 3.21. The van der Waals surface area contributed by atoms with Gasteiger partial charge in [-0.05, 0) is 43.3 Å². The maximum Gasteiger partial charge on any atom is 0.343 e. The van der Waals surface area contributed by atoms with Gasteiger partial charge in [-0.2, -0.15) is 5.10 Å². The Morgan fingerprint density at radius 3 is 2.30 bits per heavy atom. The van der Waals surface area contributed by atoms with Crippen LogP contribution in [-0.4, -0.2) is 35.4 Å². The second-order valence-electron chi connectivity index (χ2n) is 7.38. The van der Waals surface area contributed by atoms with Crippen molar-refractivity contribution in [1.29, 1.82) is 0 Å². The highest BCUT2D eigenvalue weighted by Crippen LogP contribution is 2.25. The van der Waals surface area contributed by atoms with Crippen LogP contribution in [0.4, 0.5) is 5.69 Å². The van der Waals surface area contributed by atoms with E-state index in [9.17, 15) is 9.59 Å². The van der Waals surface area contributed by atoms with Crippen molar-refractivity contribution < 1.29 is 19.1 Å². The van der Waals surface area contributed by atoms with Gasteiger partial charge in [0, 0.05) is 17.4 Å². The predicted octanol–water partition coefficient (Wildman–Crippen LogP) is 4.65. The minimum absolute atomic E-state index is 0.180. The monoisotopic (exact) mass is 441 g/mol. The van der Waals surface area contributed by atoms with Gasteiger partial charge >= 0.3 is 5.97 Å². The van der Waals surface area contributed by atoms with Crippen LogP contribution in [0.3, 0.4) is 0 Å². The number of anilines is 1. The topological polar surface area (TPSA) is 82.5 Å². The number of esters is 1. The molecule has 7 nitrogen and oxygen atoms in total. The molecule has 0 unspecified atom stereocenters. The zero-order valence-corrected chi connectivity index (χ0v) is 18.3. The van der Waals surface area contributed by atoms with Crippen molar-refractivity contribution in [3.63, 3.8) is 0 Å². The Labute approximate surface area is 191 Å². The molecular formula is C26H23N3O4. The van der Waals surface area contributed by atoms with Gasteiger partial charge in [0.05, 0.1) is 18.4 Å². The fourth-order valence-electron chi connectivity index (χ4n) is 3.21. The molecule has 7 heteroatoms. The number of benzene rings is 3. The van der Waals surface area contributed by atoms with Crippen LogP contribution in [-0.2, 0) is 9.53 Å². The zero-order valence-electron chi connectivity index (χ0n) is 18.3. The number of nitrogens with one attached hydrogen (secondary N) is 1. The Kier molecular flexibility index (Phi) is 6.50. The first kappa shape index (κ1) is 21.8. The molecular weight excluding hydrogens is 418 g/mol. The first-order valence-electron chi connectivity index (χ1n) is 10.4. The lowest BCUT2D eigenvalue weighted by atomic mass is 10.1. The highest BCUT2D eigenvalue weighted by molar-refractivity contribution is 6.08. The number of amides is 1. The van der Waals surface area contributed by atoms with Crippen LogP contribution in [0, 0.1) is 6.92 Å². The molecule has 0 bridgehead atoms. The molecule has 0 aliphatic rings. The van der Waals surface area contributed by atoms with E-state index in [1.807, 2.05) is 61.5 Å². The third-order valence-corrected chi connectivity index (χ3v) is 5.00. The molecule has 0 radical (unpaired) electrons. The third-order valence-electron chi connectivity index (χ3n) is 5.00. The van der Waals surface area contributed by atoms with Crippen molar-refractivity contribution in [2.75, 3.05) is 19.0 Å².